The number of rotatable bonds is 6. The first-order chi connectivity index (χ1) is 16.2. The first kappa shape index (κ1) is 22.0. The molecule has 4 aromatic rings. The highest BCUT2D eigenvalue weighted by molar-refractivity contribution is 5.94. The summed E-state index contributed by atoms with van der Waals surface area (Å²) >= 11 is 0. The van der Waals surface area contributed by atoms with Crippen LogP contribution in [0.4, 0.5) is 4.39 Å². The number of carbonyl (C=O) groups is 1. The summed E-state index contributed by atoms with van der Waals surface area (Å²) in [4.78, 5) is 16.8. The van der Waals surface area contributed by atoms with Gasteiger partial charge in [0.25, 0.3) is 0 Å². The normalized spacial score (nSPS) is 20.4. The molecule has 1 aliphatic carbocycles. The summed E-state index contributed by atoms with van der Waals surface area (Å²) < 4.78 is 21.2. The van der Waals surface area contributed by atoms with Crippen molar-refractivity contribution in [1.82, 2.24) is 19.7 Å². The Hall–Kier alpha value is -3.77. The zero-order valence-corrected chi connectivity index (χ0v) is 19.1. The van der Waals surface area contributed by atoms with Crippen LogP contribution in [0.3, 0.4) is 0 Å². The van der Waals surface area contributed by atoms with Gasteiger partial charge in [0.1, 0.15) is 5.82 Å². The molecular weight excluding hydrogens is 437 g/mol. The number of halogens is 1. The van der Waals surface area contributed by atoms with Crippen molar-refractivity contribution < 1.29 is 19.0 Å². The number of nitrogens with zero attached hydrogens (tertiary/aromatic N) is 4. The SMILES string of the molecule is COC1(C(=O)O)CC(c2c(C(C)(C)CC#N)n(-c3ccc(F)cc3)c3cc4cn[nH]c4nc23)C1. The van der Waals surface area contributed by atoms with Crippen LogP contribution in [0, 0.1) is 17.1 Å². The van der Waals surface area contributed by atoms with Gasteiger partial charge >= 0.3 is 5.97 Å². The zero-order chi connectivity index (χ0) is 24.3. The van der Waals surface area contributed by atoms with Gasteiger partial charge in [-0.2, -0.15) is 10.4 Å². The number of benzene rings is 1. The number of fused-ring (bicyclic) bond motifs is 2. The molecule has 8 nitrogen and oxygen atoms in total. The highest BCUT2D eigenvalue weighted by atomic mass is 19.1. The number of aromatic amines is 1. The second-order valence-corrected chi connectivity index (χ2v) is 9.57. The molecule has 5 rings (SSSR count). The van der Waals surface area contributed by atoms with Crippen LogP contribution < -0.4 is 0 Å². The minimum Gasteiger partial charge on any atom is -0.479 e. The number of aromatic nitrogens is 4. The van der Waals surface area contributed by atoms with E-state index in [0.717, 1.165) is 27.8 Å². The Morgan fingerprint density at radius 2 is 2.09 bits per heavy atom. The third-order valence-corrected chi connectivity index (χ3v) is 6.97. The van der Waals surface area contributed by atoms with Crippen molar-refractivity contribution in [3.63, 3.8) is 0 Å². The molecule has 174 valence electrons. The number of hydrogen-bond acceptors (Lipinski definition) is 5. The molecule has 1 aliphatic rings. The fourth-order valence-electron chi connectivity index (χ4n) is 5.15. The maximum Gasteiger partial charge on any atom is 0.335 e. The second kappa shape index (κ2) is 7.64. The molecule has 1 saturated carbocycles. The minimum atomic E-state index is -1.25. The summed E-state index contributed by atoms with van der Waals surface area (Å²) in [7, 11) is 1.42. The van der Waals surface area contributed by atoms with E-state index >= 15 is 0 Å². The number of aliphatic carboxylic acids is 1. The van der Waals surface area contributed by atoms with E-state index in [1.165, 1.54) is 19.2 Å². The van der Waals surface area contributed by atoms with Crippen molar-refractivity contribution in [2.45, 2.75) is 50.0 Å². The molecule has 0 bridgehead atoms. The average molecular weight is 461 g/mol. The Morgan fingerprint density at radius 1 is 1.38 bits per heavy atom. The number of carboxylic acid groups (broad SMARTS) is 1. The van der Waals surface area contributed by atoms with Gasteiger partial charge in [0.2, 0.25) is 0 Å². The summed E-state index contributed by atoms with van der Waals surface area (Å²) in [6.07, 6.45) is 2.50. The number of nitrogens with one attached hydrogen (secondary N) is 1. The van der Waals surface area contributed by atoms with Crippen molar-refractivity contribution in [3.05, 3.63) is 53.6 Å². The third kappa shape index (κ3) is 3.17. The van der Waals surface area contributed by atoms with Gasteiger partial charge in [-0.3, -0.25) is 5.10 Å². The van der Waals surface area contributed by atoms with Crippen LogP contribution >= 0.6 is 0 Å². The van der Waals surface area contributed by atoms with E-state index in [9.17, 15) is 19.6 Å². The van der Waals surface area contributed by atoms with Gasteiger partial charge in [-0.05, 0) is 49.1 Å². The lowest BCUT2D eigenvalue weighted by Gasteiger charge is -2.44. The number of methoxy groups -OCH3 is 1. The van der Waals surface area contributed by atoms with E-state index in [1.807, 2.05) is 24.5 Å². The monoisotopic (exact) mass is 461 g/mol. The standard InChI is InChI=1S/C25H24FN5O3/c1-24(2,8-9-27)21-19(15-11-25(12-15,34-3)23(32)33)20-18(10-14-13-28-30-22(14)29-20)31(21)17-6-4-16(26)5-7-17/h4-7,10,13,15H,8,11-12H2,1-3H3,(H,32,33)(H,28,29,30). The summed E-state index contributed by atoms with van der Waals surface area (Å²) in [5.41, 5.74) is 2.77. The van der Waals surface area contributed by atoms with Gasteiger partial charge in [-0.25, -0.2) is 14.2 Å². The second-order valence-electron chi connectivity index (χ2n) is 9.57. The lowest BCUT2D eigenvalue weighted by atomic mass is 9.65. The lowest BCUT2D eigenvalue weighted by molar-refractivity contribution is -0.175. The van der Waals surface area contributed by atoms with E-state index < -0.39 is 17.0 Å². The zero-order valence-electron chi connectivity index (χ0n) is 19.1. The number of hydrogen-bond donors (Lipinski definition) is 2. The smallest absolute Gasteiger partial charge is 0.335 e. The molecule has 34 heavy (non-hydrogen) atoms. The van der Waals surface area contributed by atoms with E-state index in [4.69, 9.17) is 9.72 Å². The molecule has 0 spiro atoms. The Bertz CT molecular complexity index is 1460. The van der Waals surface area contributed by atoms with Crippen LogP contribution in [0.15, 0.2) is 36.5 Å². The number of carboxylic acids is 1. The minimum absolute atomic E-state index is 0.138. The molecule has 1 aromatic carbocycles. The molecule has 9 heteroatoms. The first-order valence-corrected chi connectivity index (χ1v) is 11.0. The number of pyridine rings is 1. The van der Waals surface area contributed by atoms with Crippen LogP contribution in [0.1, 0.15) is 50.3 Å². The molecule has 0 saturated heterocycles. The van der Waals surface area contributed by atoms with Crippen molar-refractivity contribution >= 4 is 28.0 Å². The van der Waals surface area contributed by atoms with Crippen molar-refractivity contribution in [3.8, 4) is 11.8 Å². The molecule has 0 aliphatic heterocycles. The van der Waals surface area contributed by atoms with Crippen LogP contribution in [0.5, 0.6) is 0 Å². The van der Waals surface area contributed by atoms with Crippen LogP contribution in [0.25, 0.3) is 27.8 Å². The topological polar surface area (TPSA) is 117 Å². The van der Waals surface area contributed by atoms with Crippen LogP contribution in [-0.4, -0.2) is 43.5 Å². The molecule has 0 atom stereocenters. The van der Waals surface area contributed by atoms with Gasteiger partial charge < -0.3 is 14.4 Å². The van der Waals surface area contributed by atoms with Gasteiger partial charge in [0, 0.05) is 41.3 Å². The van der Waals surface area contributed by atoms with Crippen LogP contribution in [0.2, 0.25) is 0 Å². The summed E-state index contributed by atoms with van der Waals surface area (Å²) in [5, 5.41) is 27.2. The van der Waals surface area contributed by atoms with Gasteiger partial charge in [-0.1, -0.05) is 13.8 Å². The van der Waals surface area contributed by atoms with Gasteiger partial charge in [0.15, 0.2) is 11.2 Å². The first-order valence-electron chi connectivity index (χ1n) is 11.0. The van der Waals surface area contributed by atoms with E-state index in [-0.39, 0.29) is 18.2 Å². The van der Waals surface area contributed by atoms with E-state index in [0.29, 0.717) is 24.0 Å². The molecule has 0 radical (unpaired) electrons. The molecule has 0 amide bonds. The molecule has 0 unspecified atom stereocenters. The highest BCUT2D eigenvalue weighted by Gasteiger charge is 2.53. The Kier molecular flexibility index (Phi) is 4.95. The van der Waals surface area contributed by atoms with Crippen molar-refractivity contribution in [2.75, 3.05) is 7.11 Å². The Morgan fingerprint density at radius 3 is 2.71 bits per heavy atom. The molecular formula is C25H24FN5O3. The molecule has 1 fully saturated rings. The Labute approximate surface area is 195 Å². The maximum absolute atomic E-state index is 13.8. The molecule has 3 heterocycles. The summed E-state index contributed by atoms with van der Waals surface area (Å²) in [6.45, 7) is 3.97. The quantitative estimate of drug-likeness (QED) is 0.434. The number of H-pyrrole nitrogens is 1. The highest BCUT2D eigenvalue weighted by Crippen LogP contribution is 2.53. The molecule has 3 aromatic heterocycles. The summed E-state index contributed by atoms with van der Waals surface area (Å²) in [6, 6.07) is 10.4. The number of nitriles is 1. The van der Waals surface area contributed by atoms with Crippen molar-refractivity contribution in [2.24, 2.45) is 0 Å². The largest absolute Gasteiger partial charge is 0.479 e. The third-order valence-electron chi connectivity index (χ3n) is 6.97. The average Bonchev–Trinajstić information content (AvgIpc) is 3.35. The summed E-state index contributed by atoms with van der Waals surface area (Å²) in [5.74, 6) is -1.48. The fourth-order valence-corrected chi connectivity index (χ4v) is 5.15. The number of ether oxygens (including phenoxy) is 1. The maximum atomic E-state index is 13.8. The predicted molar refractivity (Wildman–Crippen MR) is 123 cm³/mol. The van der Waals surface area contributed by atoms with Gasteiger partial charge in [0.05, 0.1) is 23.3 Å². The van der Waals surface area contributed by atoms with E-state index in [2.05, 4.69) is 16.3 Å². The fraction of sp³-hybridized carbons (Fsp3) is 0.360. The lowest BCUT2D eigenvalue weighted by Crippen LogP contribution is -2.51. The van der Waals surface area contributed by atoms with Gasteiger partial charge in [-0.15, -0.1) is 0 Å². The molecule has 2 N–H and O–H groups in total. The van der Waals surface area contributed by atoms with E-state index in [1.54, 1.807) is 18.3 Å². The Balaban J connectivity index is 1.84. The van der Waals surface area contributed by atoms with Crippen molar-refractivity contribution in [1.29, 1.82) is 5.26 Å². The van der Waals surface area contributed by atoms with Crippen LogP contribution in [-0.2, 0) is 14.9 Å². The predicted octanol–water partition coefficient (Wildman–Crippen LogP) is 4.58.